The van der Waals surface area contributed by atoms with E-state index >= 15 is 0 Å². The first-order chi connectivity index (χ1) is 13.7. The van der Waals surface area contributed by atoms with E-state index in [9.17, 15) is 4.79 Å². The number of carbonyl (C=O) groups excluding carboxylic acids is 1. The Bertz CT molecular complexity index is 1040. The predicted molar refractivity (Wildman–Crippen MR) is 109 cm³/mol. The highest BCUT2D eigenvalue weighted by Crippen LogP contribution is 2.22. The van der Waals surface area contributed by atoms with Gasteiger partial charge in [-0.05, 0) is 36.8 Å². The lowest BCUT2D eigenvalue weighted by Gasteiger charge is -2.14. The van der Waals surface area contributed by atoms with Crippen LogP contribution in [0.1, 0.15) is 24.2 Å². The van der Waals surface area contributed by atoms with E-state index in [1.54, 1.807) is 18.7 Å². The van der Waals surface area contributed by atoms with Gasteiger partial charge < -0.3 is 9.88 Å². The van der Waals surface area contributed by atoms with Gasteiger partial charge in [0, 0.05) is 29.7 Å². The van der Waals surface area contributed by atoms with Gasteiger partial charge in [-0.15, -0.1) is 11.3 Å². The SMILES string of the molecule is C[C@@H](NC(=O)Cc1csc(-c2ccccn2)n1)c1ccc(-n2ccnc2)cc1. The minimum atomic E-state index is -0.0850. The first kappa shape index (κ1) is 18.1. The van der Waals surface area contributed by atoms with E-state index in [4.69, 9.17) is 0 Å². The van der Waals surface area contributed by atoms with Gasteiger partial charge in [0.15, 0.2) is 0 Å². The second-order valence-corrected chi connectivity index (χ2v) is 7.24. The third kappa shape index (κ3) is 4.15. The Kier molecular flexibility index (Phi) is 5.25. The molecule has 140 valence electrons. The van der Waals surface area contributed by atoms with Crippen molar-refractivity contribution in [3.05, 3.63) is 84.0 Å². The Labute approximate surface area is 166 Å². The van der Waals surface area contributed by atoms with Crippen LogP contribution in [0, 0.1) is 0 Å². The van der Waals surface area contributed by atoms with E-state index in [0.717, 1.165) is 27.6 Å². The molecule has 4 aromatic rings. The Morgan fingerprint density at radius 2 is 2.04 bits per heavy atom. The Morgan fingerprint density at radius 3 is 2.75 bits per heavy atom. The molecule has 0 spiro atoms. The lowest BCUT2D eigenvalue weighted by atomic mass is 10.1. The van der Waals surface area contributed by atoms with Crippen LogP contribution in [0.2, 0.25) is 0 Å². The summed E-state index contributed by atoms with van der Waals surface area (Å²) in [6.45, 7) is 1.98. The fraction of sp³-hybridized carbons (Fsp3) is 0.143. The molecule has 28 heavy (non-hydrogen) atoms. The van der Waals surface area contributed by atoms with Gasteiger partial charge >= 0.3 is 0 Å². The zero-order valence-electron chi connectivity index (χ0n) is 15.3. The molecule has 0 unspecified atom stereocenters. The summed E-state index contributed by atoms with van der Waals surface area (Å²) in [5.74, 6) is -0.0518. The molecule has 1 N–H and O–H groups in total. The summed E-state index contributed by atoms with van der Waals surface area (Å²) < 4.78 is 1.94. The molecule has 6 nitrogen and oxygen atoms in total. The fourth-order valence-corrected chi connectivity index (χ4v) is 3.68. The average molecular weight is 389 g/mol. The highest BCUT2D eigenvalue weighted by molar-refractivity contribution is 7.13. The standard InChI is InChI=1S/C21H19N5OS/c1-15(16-5-7-18(8-6-16)26-11-10-22-14-26)24-20(27)12-17-13-28-21(25-17)19-4-2-3-9-23-19/h2-11,13-15H,12H2,1H3,(H,24,27)/t15-/m1/s1. The molecule has 0 saturated heterocycles. The highest BCUT2D eigenvalue weighted by atomic mass is 32.1. The number of benzene rings is 1. The summed E-state index contributed by atoms with van der Waals surface area (Å²) in [4.78, 5) is 25.3. The van der Waals surface area contributed by atoms with Crippen molar-refractivity contribution >= 4 is 17.2 Å². The van der Waals surface area contributed by atoms with Gasteiger partial charge in [-0.2, -0.15) is 0 Å². The number of hydrogen-bond donors (Lipinski definition) is 1. The van der Waals surface area contributed by atoms with Crippen LogP contribution in [0.3, 0.4) is 0 Å². The smallest absolute Gasteiger partial charge is 0.226 e. The average Bonchev–Trinajstić information content (AvgIpc) is 3.41. The number of aromatic nitrogens is 4. The molecule has 0 aliphatic rings. The predicted octanol–water partition coefficient (Wildman–Crippen LogP) is 3.81. The summed E-state index contributed by atoms with van der Waals surface area (Å²) >= 11 is 1.50. The van der Waals surface area contributed by atoms with Gasteiger partial charge in [0.25, 0.3) is 0 Å². The van der Waals surface area contributed by atoms with Gasteiger partial charge in [0.1, 0.15) is 5.01 Å². The fourth-order valence-electron chi connectivity index (χ4n) is 2.88. The van der Waals surface area contributed by atoms with Crippen LogP contribution in [-0.4, -0.2) is 25.4 Å². The Hall–Kier alpha value is -3.32. The van der Waals surface area contributed by atoms with E-state index in [0.29, 0.717) is 0 Å². The van der Waals surface area contributed by atoms with Crippen molar-refractivity contribution in [2.45, 2.75) is 19.4 Å². The third-order valence-electron chi connectivity index (χ3n) is 4.35. The maximum atomic E-state index is 12.4. The second-order valence-electron chi connectivity index (χ2n) is 6.39. The summed E-state index contributed by atoms with van der Waals surface area (Å²) in [7, 11) is 0. The number of hydrogen-bond acceptors (Lipinski definition) is 5. The molecule has 0 aliphatic heterocycles. The summed E-state index contributed by atoms with van der Waals surface area (Å²) in [6.07, 6.45) is 7.39. The molecule has 3 aromatic heterocycles. The molecular formula is C21H19N5OS. The zero-order chi connectivity index (χ0) is 19.3. The van der Waals surface area contributed by atoms with Crippen molar-refractivity contribution in [2.24, 2.45) is 0 Å². The van der Waals surface area contributed by atoms with Gasteiger partial charge in [-0.3, -0.25) is 9.78 Å². The van der Waals surface area contributed by atoms with Crippen LogP contribution < -0.4 is 5.32 Å². The van der Waals surface area contributed by atoms with Crippen molar-refractivity contribution in [2.75, 3.05) is 0 Å². The van der Waals surface area contributed by atoms with E-state index in [2.05, 4.69) is 20.3 Å². The van der Waals surface area contributed by atoms with Gasteiger partial charge in [-0.1, -0.05) is 18.2 Å². The van der Waals surface area contributed by atoms with Crippen LogP contribution >= 0.6 is 11.3 Å². The first-order valence-corrected chi connectivity index (χ1v) is 9.80. The Morgan fingerprint density at radius 1 is 1.18 bits per heavy atom. The van der Waals surface area contributed by atoms with Crippen LogP contribution in [0.5, 0.6) is 0 Å². The van der Waals surface area contributed by atoms with Crippen LogP contribution in [-0.2, 0) is 11.2 Å². The highest BCUT2D eigenvalue weighted by Gasteiger charge is 2.13. The molecule has 1 aromatic carbocycles. The number of imidazole rings is 1. The molecule has 4 rings (SSSR count). The molecule has 0 fully saturated rings. The van der Waals surface area contributed by atoms with Gasteiger partial charge in [0.05, 0.1) is 30.2 Å². The third-order valence-corrected chi connectivity index (χ3v) is 5.26. The number of pyridine rings is 1. The van der Waals surface area contributed by atoms with Gasteiger partial charge in [0.2, 0.25) is 5.91 Å². The molecule has 0 bridgehead atoms. The van der Waals surface area contributed by atoms with Crippen molar-refractivity contribution in [3.63, 3.8) is 0 Å². The molecule has 3 heterocycles. The minimum Gasteiger partial charge on any atom is -0.349 e. The zero-order valence-corrected chi connectivity index (χ0v) is 16.1. The lowest BCUT2D eigenvalue weighted by molar-refractivity contribution is -0.121. The van der Waals surface area contributed by atoms with E-state index in [1.807, 2.05) is 65.5 Å². The molecule has 0 saturated carbocycles. The van der Waals surface area contributed by atoms with Crippen molar-refractivity contribution in [3.8, 4) is 16.4 Å². The van der Waals surface area contributed by atoms with Crippen molar-refractivity contribution < 1.29 is 4.79 Å². The largest absolute Gasteiger partial charge is 0.349 e. The van der Waals surface area contributed by atoms with Crippen LogP contribution in [0.15, 0.2) is 72.8 Å². The monoisotopic (exact) mass is 389 g/mol. The van der Waals surface area contributed by atoms with E-state index in [1.165, 1.54) is 11.3 Å². The molecule has 1 amide bonds. The normalized spacial score (nSPS) is 11.9. The quantitative estimate of drug-likeness (QED) is 0.544. The number of thiazole rings is 1. The number of carbonyl (C=O) groups is 1. The van der Waals surface area contributed by atoms with Gasteiger partial charge in [-0.25, -0.2) is 9.97 Å². The molecule has 7 heteroatoms. The summed E-state index contributed by atoms with van der Waals surface area (Å²) in [6, 6.07) is 13.7. The van der Waals surface area contributed by atoms with Crippen molar-refractivity contribution in [1.29, 1.82) is 0 Å². The topological polar surface area (TPSA) is 72.7 Å². The maximum Gasteiger partial charge on any atom is 0.226 e. The van der Waals surface area contributed by atoms with E-state index in [-0.39, 0.29) is 18.4 Å². The summed E-state index contributed by atoms with van der Waals surface area (Å²) in [5, 5.41) is 5.78. The number of nitrogens with zero attached hydrogens (tertiary/aromatic N) is 4. The van der Waals surface area contributed by atoms with Crippen LogP contribution in [0.25, 0.3) is 16.4 Å². The minimum absolute atomic E-state index is 0.0518. The maximum absolute atomic E-state index is 12.4. The first-order valence-electron chi connectivity index (χ1n) is 8.92. The molecule has 0 radical (unpaired) electrons. The molecule has 0 aliphatic carbocycles. The molecule has 1 atom stereocenters. The van der Waals surface area contributed by atoms with Crippen molar-refractivity contribution in [1.82, 2.24) is 24.8 Å². The summed E-state index contributed by atoms with van der Waals surface area (Å²) in [5.41, 5.74) is 3.66. The van der Waals surface area contributed by atoms with E-state index < -0.39 is 0 Å². The van der Waals surface area contributed by atoms with Crippen LogP contribution in [0.4, 0.5) is 0 Å². The number of rotatable bonds is 6. The molecular weight excluding hydrogens is 370 g/mol. The Balaban J connectivity index is 1.36. The number of amides is 1. The second kappa shape index (κ2) is 8.14. The number of nitrogens with one attached hydrogen (secondary N) is 1. The lowest BCUT2D eigenvalue weighted by Crippen LogP contribution is -2.28.